The molecule has 0 saturated heterocycles. The molecule has 8 heteroatoms. The van der Waals surface area contributed by atoms with Gasteiger partial charge in [0.25, 0.3) is 5.91 Å². The van der Waals surface area contributed by atoms with Gasteiger partial charge in [0.15, 0.2) is 0 Å². The molecule has 0 saturated carbocycles. The molecule has 2 heterocycles. The average molecular weight is 497 g/mol. The van der Waals surface area contributed by atoms with Gasteiger partial charge in [0.05, 0.1) is 18.2 Å². The van der Waals surface area contributed by atoms with Crippen molar-refractivity contribution in [2.45, 2.75) is 19.4 Å². The Balaban J connectivity index is 1.53. The maximum Gasteiger partial charge on any atom is 0.257 e. The summed E-state index contributed by atoms with van der Waals surface area (Å²) < 4.78 is 25.5. The molecule has 0 bridgehead atoms. The highest BCUT2D eigenvalue weighted by Gasteiger charge is 2.34. The third-order valence-corrected chi connectivity index (χ3v) is 7.12. The van der Waals surface area contributed by atoms with Crippen molar-refractivity contribution in [3.8, 4) is 5.75 Å². The number of benzene rings is 2. The Labute approximate surface area is 208 Å². The zero-order chi connectivity index (χ0) is 24.8. The molecule has 1 atom stereocenters. The summed E-state index contributed by atoms with van der Waals surface area (Å²) in [7, 11) is 1.52. The molecule has 1 aliphatic rings. The number of hydrogen-bond acceptors (Lipinski definition) is 5. The van der Waals surface area contributed by atoms with E-state index in [1.54, 1.807) is 22.3 Å². The minimum Gasteiger partial charge on any atom is -0.491 e. The highest BCUT2D eigenvalue weighted by atomic mass is 32.1. The number of aryl methyl sites for hydroxylation is 1. The minimum atomic E-state index is -0.613. The molecule has 1 aromatic heterocycles. The Morgan fingerprint density at radius 1 is 1.14 bits per heavy atom. The largest absolute Gasteiger partial charge is 0.491 e. The molecule has 2 amide bonds. The molecular formula is C27H29FN2O4S. The van der Waals surface area contributed by atoms with E-state index in [9.17, 15) is 14.0 Å². The maximum absolute atomic E-state index is 14.3. The Morgan fingerprint density at radius 3 is 2.66 bits per heavy atom. The number of fused-ring (bicyclic) bond motifs is 1. The van der Waals surface area contributed by atoms with E-state index in [1.807, 2.05) is 42.6 Å². The van der Waals surface area contributed by atoms with Crippen LogP contribution in [0.25, 0.3) is 0 Å². The first-order valence-corrected chi connectivity index (χ1v) is 12.4. The lowest BCUT2D eigenvalue weighted by Gasteiger charge is -2.37. The molecule has 0 spiro atoms. The first-order valence-electron chi connectivity index (χ1n) is 11.6. The third kappa shape index (κ3) is 5.89. The highest BCUT2D eigenvalue weighted by Crippen LogP contribution is 2.34. The summed E-state index contributed by atoms with van der Waals surface area (Å²) in [6, 6.07) is 15.4. The average Bonchev–Trinajstić information content (AvgIpc) is 3.35. The zero-order valence-corrected chi connectivity index (χ0v) is 20.7. The molecule has 4 rings (SSSR count). The summed E-state index contributed by atoms with van der Waals surface area (Å²) in [5, 5.41) is 2.03. The third-order valence-electron chi connectivity index (χ3n) is 6.13. The predicted octanol–water partition coefficient (Wildman–Crippen LogP) is 4.49. The summed E-state index contributed by atoms with van der Waals surface area (Å²) in [6.07, 6.45) is 0.749. The second-order valence-electron chi connectivity index (χ2n) is 8.48. The fourth-order valence-electron chi connectivity index (χ4n) is 4.20. The number of rotatable bonds is 9. The number of halogens is 1. The van der Waals surface area contributed by atoms with Crippen LogP contribution in [0.5, 0.6) is 5.75 Å². The van der Waals surface area contributed by atoms with Crippen LogP contribution in [0.4, 0.5) is 4.39 Å². The van der Waals surface area contributed by atoms with Gasteiger partial charge in [0, 0.05) is 25.1 Å². The van der Waals surface area contributed by atoms with E-state index in [0.717, 1.165) is 23.3 Å². The van der Waals surface area contributed by atoms with E-state index in [4.69, 9.17) is 9.47 Å². The van der Waals surface area contributed by atoms with Gasteiger partial charge in [-0.3, -0.25) is 9.59 Å². The Hall–Kier alpha value is -3.23. The Kier molecular flexibility index (Phi) is 8.15. The first kappa shape index (κ1) is 24.9. The molecule has 0 radical (unpaired) electrons. The number of nitrogens with zero attached hydrogens (tertiary/aromatic N) is 2. The number of ether oxygens (including phenoxy) is 2. The van der Waals surface area contributed by atoms with Crippen LogP contribution in [0.2, 0.25) is 0 Å². The van der Waals surface area contributed by atoms with Crippen LogP contribution in [-0.2, 0) is 16.0 Å². The van der Waals surface area contributed by atoms with E-state index >= 15 is 0 Å². The topological polar surface area (TPSA) is 59.1 Å². The summed E-state index contributed by atoms with van der Waals surface area (Å²) in [6.45, 7) is 3.09. The SMILES string of the molecule is COCCN(CC(=O)N1CCc2sccc2[C@H]1COc1ccc(C)cc1)C(=O)c1ccccc1F. The summed E-state index contributed by atoms with van der Waals surface area (Å²) >= 11 is 1.68. The van der Waals surface area contributed by atoms with E-state index in [2.05, 4.69) is 0 Å². The van der Waals surface area contributed by atoms with Crippen molar-refractivity contribution in [2.75, 3.05) is 40.0 Å². The van der Waals surface area contributed by atoms with E-state index in [-0.39, 0.29) is 37.2 Å². The van der Waals surface area contributed by atoms with Gasteiger partial charge in [0.1, 0.15) is 24.7 Å². The number of hydrogen-bond donors (Lipinski definition) is 0. The van der Waals surface area contributed by atoms with Crippen LogP contribution < -0.4 is 4.74 Å². The Morgan fingerprint density at radius 2 is 1.91 bits per heavy atom. The smallest absolute Gasteiger partial charge is 0.257 e. The van der Waals surface area contributed by atoms with Gasteiger partial charge in [-0.1, -0.05) is 29.8 Å². The molecule has 3 aromatic rings. The van der Waals surface area contributed by atoms with Crippen LogP contribution >= 0.6 is 11.3 Å². The van der Waals surface area contributed by atoms with Gasteiger partial charge in [0.2, 0.25) is 5.91 Å². The first-order chi connectivity index (χ1) is 17.0. The lowest BCUT2D eigenvalue weighted by atomic mass is 10.0. The van der Waals surface area contributed by atoms with Crippen LogP contribution in [0.15, 0.2) is 60.0 Å². The molecule has 1 aliphatic heterocycles. The standard InChI is InChI=1S/C27H29FN2O4S/c1-19-7-9-20(10-8-19)34-18-24-22-12-16-35-25(22)11-13-30(24)26(31)17-29(14-15-33-2)27(32)21-5-3-4-6-23(21)28/h3-10,12,16,24H,11,13-15,17-18H2,1-2H3/t24-/m1/s1. The molecule has 0 unspecified atom stereocenters. The van der Waals surface area contributed by atoms with Gasteiger partial charge in [-0.15, -0.1) is 11.3 Å². The van der Waals surface area contributed by atoms with Crippen molar-refractivity contribution >= 4 is 23.2 Å². The monoisotopic (exact) mass is 496 g/mol. The lowest BCUT2D eigenvalue weighted by Crippen LogP contribution is -2.48. The molecule has 0 N–H and O–H groups in total. The van der Waals surface area contributed by atoms with Gasteiger partial charge in [-0.25, -0.2) is 4.39 Å². The number of thiophene rings is 1. The fourth-order valence-corrected chi connectivity index (χ4v) is 5.13. The molecule has 2 aromatic carbocycles. The van der Waals surface area contributed by atoms with E-state index in [1.165, 1.54) is 35.1 Å². The van der Waals surface area contributed by atoms with Gasteiger partial charge in [-0.05, 0) is 54.6 Å². The zero-order valence-electron chi connectivity index (χ0n) is 19.9. The molecule has 0 aliphatic carbocycles. The van der Waals surface area contributed by atoms with Crippen molar-refractivity contribution in [3.05, 3.63) is 87.4 Å². The molecule has 0 fully saturated rings. The van der Waals surface area contributed by atoms with Crippen molar-refractivity contribution in [2.24, 2.45) is 0 Å². The van der Waals surface area contributed by atoms with Crippen molar-refractivity contribution in [3.63, 3.8) is 0 Å². The molecular weight excluding hydrogens is 467 g/mol. The van der Waals surface area contributed by atoms with Crippen LogP contribution in [0, 0.1) is 12.7 Å². The fraction of sp³-hybridized carbons (Fsp3) is 0.333. The molecule has 6 nitrogen and oxygen atoms in total. The second kappa shape index (κ2) is 11.5. The quantitative estimate of drug-likeness (QED) is 0.438. The molecule has 35 heavy (non-hydrogen) atoms. The number of carbonyl (C=O) groups is 2. The van der Waals surface area contributed by atoms with Crippen molar-refractivity contribution in [1.82, 2.24) is 9.80 Å². The second-order valence-corrected chi connectivity index (χ2v) is 9.48. The van der Waals surface area contributed by atoms with Gasteiger partial charge in [-0.2, -0.15) is 0 Å². The van der Waals surface area contributed by atoms with Crippen molar-refractivity contribution in [1.29, 1.82) is 0 Å². The van der Waals surface area contributed by atoms with Crippen LogP contribution in [0.3, 0.4) is 0 Å². The summed E-state index contributed by atoms with van der Waals surface area (Å²) in [5.74, 6) is -0.617. The highest BCUT2D eigenvalue weighted by molar-refractivity contribution is 7.10. The number of carbonyl (C=O) groups excluding carboxylic acids is 2. The van der Waals surface area contributed by atoms with Crippen LogP contribution in [0.1, 0.15) is 32.4 Å². The Bertz CT molecular complexity index is 1160. The summed E-state index contributed by atoms with van der Waals surface area (Å²) in [4.78, 5) is 31.0. The van der Waals surface area contributed by atoms with E-state index in [0.29, 0.717) is 13.2 Å². The van der Waals surface area contributed by atoms with Gasteiger partial charge >= 0.3 is 0 Å². The van der Waals surface area contributed by atoms with Gasteiger partial charge < -0.3 is 19.3 Å². The maximum atomic E-state index is 14.3. The minimum absolute atomic E-state index is 0.0607. The van der Waals surface area contributed by atoms with E-state index < -0.39 is 11.7 Å². The predicted molar refractivity (Wildman–Crippen MR) is 133 cm³/mol. The van der Waals surface area contributed by atoms with Crippen LogP contribution in [-0.4, -0.2) is 61.6 Å². The normalized spacial score (nSPS) is 14.9. The number of amides is 2. The number of methoxy groups -OCH3 is 1. The summed E-state index contributed by atoms with van der Waals surface area (Å²) in [5.41, 5.74) is 2.16. The lowest BCUT2D eigenvalue weighted by molar-refractivity contribution is -0.135. The molecule has 184 valence electrons. The van der Waals surface area contributed by atoms with Crippen molar-refractivity contribution < 1.29 is 23.5 Å².